The highest BCUT2D eigenvalue weighted by Gasteiger charge is 2.17. The van der Waals surface area contributed by atoms with Gasteiger partial charge in [0.15, 0.2) is 0 Å². The SMILES string of the molecule is CCc1c(C(=O)NCc2ccccc2OC(F)F)cnn1Cc1ccccc1. The van der Waals surface area contributed by atoms with Crippen molar-refractivity contribution in [3.05, 3.63) is 83.2 Å². The number of hydrogen-bond donors (Lipinski definition) is 1. The van der Waals surface area contributed by atoms with E-state index in [1.807, 2.05) is 37.3 Å². The van der Waals surface area contributed by atoms with Crippen molar-refractivity contribution in [1.29, 1.82) is 0 Å². The van der Waals surface area contributed by atoms with Gasteiger partial charge in [-0.25, -0.2) is 0 Å². The lowest BCUT2D eigenvalue weighted by atomic mass is 10.1. The highest BCUT2D eigenvalue weighted by molar-refractivity contribution is 5.95. The maximum absolute atomic E-state index is 12.6. The van der Waals surface area contributed by atoms with Gasteiger partial charge in [-0.3, -0.25) is 9.48 Å². The molecule has 3 rings (SSSR count). The number of nitrogens with one attached hydrogen (secondary N) is 1. The largest absolute Gasteiger partial charge is 0.434 e. The fourth-order valence-corrected chi connectivity index (χ4v) is 3.00. The zero-order valence-electron chi connectivity index (χ0n) is 15.4. The number of halogens is 2. The normalized spacial score (nSPS) is 10.9. The Kier molecular flexibility index (Phi) is 6.37. The third-order valence-electron chi connectivity index (χ3n) is 4.33. The Morgan fingerprint density at radius 2 is 1.86 bits per heavy atom. The molecule has 0 aliphatic carbocycles. The van der Waals surface area contributed by atoms with Gasteiger partial charge in [-0.1, -0.05) is 55.5 Å². The summed E-state index contributed by atoms with van der Waals surface area (Å²) < 4.78 is 31.3. The van der Waals surface area contributed by atoms with Crippen LogP contribution >= 0.6 is 0 Å². The molecule has 0 fully saturated rings. The zero-order valence-corrected chi connectivity index (χ0v) is 15.4. The summed E-state index contributed by atoms with van der Waals surface area (Å²) in [6, 6.07) is 16.2. The molecule has 146 valence electrons. The van der Waals surface area contributed by atoms with E-state index >= 15 is 0 Å². The number of para-hydroxylation sites is 1. The summed E-state index contributed by atoms with van der Waals surface area (Å²) in [7, 11) is 0. The second-order valence-electron chi connectivity index (χ2n) is 6.17. The molecule has 1 N–H and O–H groups in total. The number of nitrogens with zero attached hydrogens (tertiary/aromatic N) is 2. The summed E-state index contributed by atoms with van der Waals surface area (Å²) in [5.74, 6) is -0.253. The van der Waals surface area contributed by atoms with Crippen LogP contribution < -0.4 is 10.1 Å². The molecule has 3 aromatic rings. The molecule has 1 heterocycles. The number of alkyl halides is 2. The molecular weight excluding hydrogens is 364 g/mol. The average molecular weight is 385 g/mol. The average Bonchev–Trinajstić information content (AvgIpc) is 3.10. The Bertz CT molecular complexity index is 926. The van der Waals surface area contributed by atoms with Gasteiger partial charge >= 0.3 is 6.61 Å². The van der Waals surface area contributed by atoms with E-state index < -0.39 is 6.61 Å². The van der Waals surface area contributed by atoms with Gasteiger partial charge in [0.25, 0.3) is 5.91 Å². The van der Waals surface area contributed by atoms with Gasteiger partial charge in [0, 0.05) is 12.1 Å². The van der Waals surface area contributed by atoms with Crippen molar-refractivity contribution in [2.75, 3.05) is 0 Å². The van der Waals surface area contributed by atoms with E-state index in [0.29, 0.717) is 24.1 Å². The first-order chi connectivity index (χ1) is 13.6. The molecule has 0 spiro atoms. The predicted molar refractivity (Wildman–Crippen MR) is 101 cm³/mol. The molecular formula is C21H21F2N3O2. The van der Waals surface area contributed by atoms with E-state index in [9.17, 15) is 13.6 Å². The lowest BCUT2D eigenvalue weighted by Gasteiger charge is -2.12. The molecule has 0 aliphatic heterocycles. The van der Waals surface area contributed by atoms with Gasteiger partial charge in [-0.2, -0.15) is 13.9 Å². The van der Waals surface area contributed by atoms with Crippen molar-refractivity contribution in [3.8, 4) is 5.75 Å². The van der Waals surface area contributed by atoms with Crippen molar-refractivity contribution in [2.45, 2.75) is 33.0 Å². The van der Waals surface area contributed by atoms with Gasteiger partial charge in [-0.05, 0) is 18.1 Å². The minimum absolute atomic E-state index is 0.0493. The summed E-state index contributed by atoms with van der Waals surface area (Å²) in [5.41, 5.74) is 2.86. The Morgan fingerprint density at radius 1 is 1.14 bits per heavy atom. The predicted octanol–water partition coefficient (Wildman–Crippen LogP) is 4.03. The molecule has 0 radical (unpaired) electrons. The molecule has 0 aliphatic rings. The van der Waals surface area contributed by atoms with E-state index in [1.165, 1.54) is 6.07 Å². The summed E-state index contributed by atoms with van der Waals surface area (Å²) >= 11 is 0. The number of aromatic nitrogens is 2. The first kappa shape index (κ1) is 19.5. The molecule has 0 saturated carbocycles. The van der Waals surface area contributed by atoms with Crippen LogP contribution in [0.3, 0.4) is 0 Å². The lowest BCUT2D eigenvalue weighted by molar-refractivity contribution is -0.0504. The first-order valence-corrected chi connectivity index (χ1v) is 8.98. The van der Waals surface area contributed by atoms with E-state index in [0.717, 1.165) is 11.3 Å². The molecule has 0 atom stereocenters. The van der Waals surface area contributed by atoms with Crippen molar-refractivity contribution in [2.24, 2.45) is 0 Å². The second kappa shape index (κ2) is 9.12. The van der Waals surface area contributed by atoms with Crippen LogP contribution in [0.4, 0.5) is 8.78 Å². The highest BCUT2D eigenvalue weighted by atomic mass is 19.3. The molecule has 0 bridgehead atoms. The Balaban J connectivity index is 1.72. The van der Waals surface area contributed by atoms with Gasteiger partial charge < -0.3 is 10.1 Å². The van der Waals surface area contributed by atoms with Crippen LogP contribution in [0.25, 0.3) is 0 Å². The van der Waals surface area contributed by atoms with E-state index in [-0.39, 0.29) is 18.2 Å². The molecule has 1 amide bonds. The molecule has 2 aromatic carbocycles. The molecule has 28 heavy (non-hydrogen) atoms. The number of carbonyl (C=O) groups excluding carboxylic acids is 1. The third kappa shape index (κ3) is 4.73. The number of amides is 1. The maximum atomic E-state index is 12.6. The minimum Gasteiger partial charge on any atom is -0.434 e. The maximum Gasteiger partial charge on any atom is 0.387 e. The van der Waals surface area contributed by atoms with Gasteiger partial charge in [0.2, 0.25) is 0 Å². The smallest absolute Gasteiger partial charge is 0.387 e. The highest BCUT2D eigenvalue weighted by Crippen LogP contribution is 2.20. The van der Waals surface area contributed by atoms with E-state index in [4.69, 9.17) is 0 Å². The standard InChI is InChI=1S/C21H21F2N3O2/c1-2-18-17(13-25-26(18)14-15-8-4-3-5-9-15)20(27)24-12-16-10-6-7-11-19(16)28-21(22)23/h3-11,13,21H,2,12,14H2,1H3,(H,24,27). The van der Waals surface area contributed by atoms with Crippen molar-refractivity contribution >= 4 is 5.91 Å². The Morgan fingerprint density at radius 3 is 2.57 bits per heavy atom. The number of benzene rings is 2. The molecule has 0 saturated heterocycles. The lowest BCUT2D eigenvalue weighted by Crippen LogP contribution is -2.24. The molecule has 1 aromatic heterocycles. The van der Waals surface area contributed by atoms with Gasteiger partial charge in [0.1, 0.15) is 5.75 Å². The van der Waals surface area contributed by atoms with Crippen LogP contribution in [0.15, 0.2) is 60.8 Å². The van der Waals surface area contributed by atoms with Crippen LogP contribution in [0, 0.1) is 0 Å². The Hall–Kier alpha value is -3.22. The van der Waals surface area contributed by atoms with Crippen LogP contribution in [-0.4, -0.2) is 22.3 Å². The Labute approximate surface area is 161 Å². The monoisotopic (exact) mass is 385 g/mol. The molecule has 7 heteroatoms. The number of hydrogen-bond acceptors (Lipinski definition) is 3. The number of ether oxygens (including phenoxy) is 1. The van der Waals surface area contributed by atoms with Crippen LogP contribution in [0.1, 0.15) is 34.1 Å². The summed E-state index contributed by atoms with van der Waals surface area (Å²) in [6.45, 7) is -0.308. The van der Waals surface area contributed by atoms with Crippen molar-refractivity contribution in [1.82, 2.24) is 15.1 Å². The zero-order chi connectivity index (χ0) is 19.9. The number of carbonyl (C=O) groups is 1. The van der Waals surface area contributed by atoms with Gasteiger partial charge in [-0.15, -0.1) is 0 Å². The first-order valence-electron chi connectivity index (χ1n) is 8.98. The fraction of sp³-hybridized carbons (Fsp3) is 0.238. The summed E-state index contributed by atoms with van der Waals surface area (Å²) in [4.78, 5) is 12.6. The van der Waals surface area contributed by atoms with Gasteiger partial charge in [0.05, 0.1) is 24.0 Å². The summed E-state index contributed by atoms with van der Waals surface area (Å²) in [6.07, 6.45) is 2.18. The summed E-state index contributed by atoms with van der Waals surface area (Å²) in [5, 5.41) is 7.11. The quantitative estimate of drug-likeness (QED) is 0.637. The van der Waals surface area contributed by atoms with E-state index in [1.54, 1.807) is 29.1 Å². The van der Waals surface area contributed by atoms with E-state index in [2.05, 4.69) is 15.2 Å². The fourth-order valence-electron chi connectivity index (χ4n) is 3.00. The van der Waals surface area contributed by atoms with Crippen LogP contribution in [0.2, 0.25) is 0 Å². The second-order valence-corrected chi connectivity index (χ2v) is 6.17. The van der Waals surface area contributed by atoms with Crippen molar-refractivity contribution < 1.29 is 18.3 Å². The third-order valence-corrected chi connectivity index (χ3v) is 4.33. The van der Waals surface area contributed by atoms with Crippen LogP contribution in [0.5, 0.6) is 5.75 Å². The molecule has 5 nitrogen and oxygen atoms in total. The minimum atomic E-state index is -2.92. The molecule has 0 unspecified atom stereocenters. The van der Waals surface area contributed by atoms with Crippen molar-refractivity contribution in [3.63, 3.8) is 0 Å². The van der Waals surface area contributed by atoms with Crippen LogP contribution in [-0.2, 0) is 19.5 Å². The number of rotatable bonds is 8. The topological polar surface area (TPSA) is 56.1 Å².